The van der Waals surface area contributed by atoms with Crippen LogP contribution in [0.4, 0.5) is 4.79 Å². The SMILES string of the molecule is CC(C)(C)OC(=O)N1CC2CC2CC1=O. The van der Waals surface area contributed by atoms with Crippen LogP contribution in [0.15, 0.2) is 0 Å². The van der Waals surface area contributed by atoms with Gasteiger partial charge in [0.15, 0.2) is 0 Å². The number of ether oxygens (including phenoxy) is 1. The molecule has 1 saturated heterocycles. The zero-order valence-electron chi connectivity index (χ0n) is 9.45. The Bertz CT molecular complexity index is 305. The van der Waals surface area contributed by atoms with Crippen molar-refractivity contribution >= 4 is 12.0 Å². The molecule has 0 aromatic carbocycles. The summed E-state index contributed by atoms with van der Waals surface area (Å²) in [6.07, 6.45) is 1.12. The van der Waals surface area contributed by atoms with Crippen LogP contribution in [0.1, 0.15) is 33.6 Å². The van der Waals surface area contributed by atoms with Gasteiger partial charge in [0.1, 0.15) is 5.60 Å². The molecular weight excluding hydrogens is 194 g/mol. The van der Waals surface area contributed by atoms with Crippen LogP contribution in [0.25, 0.3) is 0 Å². The summed E-state index contributed by atoms with van der Waals surface area (Å²) in [6.45, 7) is 5.97. The van der Waals surface area contributed by atoms with Crippen molar-refractivity contribution in [2.45, 2.75) is 39.2 Å². The van der Waals surface area contributed by atoms with Crippen molar-refractivity contribution in [3.05, 3.63) is 0 Å². The molecule has 2 rings (SSSR count). The fourth-order valence-electron chi connectivity index (χ4n) is 1.95. The Balaban J connectivity index is 1.97. The van der Waals surface area contributed by atoms with E-state index in [9.17, 15) is 9.59 Å². The lowest BCUT2D eigenvalue weighted by atomic mass is 10.1. The van der Waals surface area contributed by atoms with Gasteiger partial charge in [0.25, 0.3) is 0 Å². The van der Waals surface area contributed by atoms with Crippen molar-refractivity contribution in [1.82, 2.24) is 4.90 Å². The van der Waals surface area contributed by atoms with E-state index in [4.69, 9.17) is 4.74 Å². The van der Waals surface area contributed by atoms with Gasteiger partial charge in [-0.25, -0.2) is 9.69 Å². The van der Waals surface area contributed by atoms with E-state index in [-0.39, 0.29) is 5.91 Å². The molecule has 2 amide bonds. The first kappa shape index (κ1) is 10.5. The van der Waals surface area contributed by atoms with Crippen molar-refractivity contribution in [2.75, 3.05) is 6.54 Å². The molecule has 4 nitrogen and oxygen atoms in total. The maximum absolute atomic E-state index is 11.7. The molecule has 1 saturated carbocycles. The third kappa shape index (κ3) is 2.30. The number of hydrogen-bond acceptors (Lipinski definition) is 3. The summed E-state index contributed by atoms with van der Waals surface area (Å²) >= 11 is 0. The van der Waals surface area contributed by atoms with Gasteiger partial charge >= 0.3 is 6.09 Å². The lowest BCUT2D eigenvalue weighted by Crippen LogP contribution is -2.44. The van der Waals surface area contributed by atoms with Gasteiger partial charge in [-0.05, 0) is 39.0 Å². The fourth-order valence-corrected chi connectivity index (χ4v) is 1.95. The van der Waals surface area contributed by atoms with E-state index in [0.29, 0.717) is 24.8 Å². The molecule has 2 atom stereocenters. The molecule has 0 radical (unpaired) electrons. The molecule has 2 unspecified atom stereocenters. The lowest BCUT2D eigenvalue weighted by Gasteiger charge is -2.28. The van der Waals surface area contributed by atoms with Gasteiger partial charge in [0.2, 0.25) is 5.91 Å². The maximum Gasteiger partial charge on any atom is 0.417 e. The van der Waals surface area contributed by atoms with E-state index >= 15 is 0 Å². The molecular formula is C11H17NO3. The molecule has 0 N–H and O–H groups in total. The number of nitrogens with zero attached hydrogens (tertiary/aromatic N) is 1. The number of rotatable bonds is 0. The summed E-state index contributed by atoms with van der Waals surface area (Å²) in [5, 5.41) is 0. The second-order valence-electron chi connectivity index (χ2n) is 5.44. The predicted octanol–water partition coefficient (Wildman–Crippen LogP) is 1.79. The van der Waals surface area contributed by atoms with Gasteiger partial charge in [0, 0.05) is 13.0 Å². The van der Waals surface area contributed by atoms with E-state index in [2.05, 4.69) is 0 Å². The van der Waals surface area contributed by atoms with Crippen LogP contribution >= 0.6 is 0 Å². The minimum absolute atomic E-state index is 0.0806. The summed E-state index contributed by atoms with van der Waals surface area (Å²) in [6, 6.07) is 0. The highest BCUT2D eigenvalue weighted by Gasteiger charge is 2.47. The Morgan fingerprint density at radius 3 is 2.67 bits per heavy atom. The highest BCUT2D eigenvalue weighted by molar-refractivity contribution is 5.93. The van der Waals surface area contributed by atoms with Crippen LogP contribution in [0, 0.1) is 11.8 Å². The molecule has 0 bridgehead atoms. The molecule has 2 aliphatic rings. The van der Waals surface area contributed by atoms with Crippen LogP contribution in [0.2, 0.25) is 0 Å². The maximum atomic E-state index is 11.7. The van der Waals surface area contributed by atoms with E-state index < -0.39 is 11.7 Å². The monoisotopic (exact) mass is 211 g/mol. The number of carbonyl (C=O) groups excluding carboxylic acids is 2. The Morgan fingerprint density at radius 1 is 1.40 bits per heavy atom. The number of amides is 2. The Morgan fingerprint density at radius 2 is 2.07 bits per heavy atom. The normalized spacial score (nSPS) is 29.8. The first-order valence-electron chi connectivity index (χ1n) is 5.40. The van der Waals surface area contributed by atoms with Crippen molar-refractivity contribution in [1.29, 1.82) is 0 Å². The fraction of sp³-hybridized carbons (Fsp3) is 0.818. The van der Waals surface area contributed by atoms with Crippen LogP contribution in [0.3, 0.4) is 0 Å². The average Bonchev–Trinajstić information content (AvgIpc) is 2.76. The highest BCUT2D eigenvalue weighted by Crippen LogP contribution is 2.45. The number of fused-ring (bicyclic) bond motifs is 1. The molecule has 2 fully saturated rings. The van der Waals surface area contributed by atoms with Crippen LogP contribution in [0.5, 0.6) is 0 Å². The minimum Gasteiger partial charge on any atom is -0.443 e. The molecule has 0 aromatic heterocycles. The Kier molecular flexibility index (Phi) is 2.24. The lowest BCUT2D eigenvalue weighted by molar-refractivity contribution is -0.132. The Hall–Kier alpha value is -1.06. The molecule has 0 spiro atoms. The second-order valence-corrected chi connectivity index (χ2v) is 5.44. The quantitative estimate of drug-likeness (QED) is 0.613. The summed E-state index contributed by atoms with van der Waals surface area (Å²) in [4.78, 5) is 24.5. The number of piperidine rings is 1. The number of carbonyl (C=O) groups is 2. The summed E-state index contributed by atoms with van der Waals surface area (Å²) < 4.78 is 5.18. The van der Waals surface area contributed by atoms with E-state index in [1.807, 2.05) is 0 Å². The van der Waals surface area contributed by atoms with Crippen molar-refractivity contribution in [3.63, 3.8) is 0 Å². The smallest absolute Gasteiger partial charge is 0.417 e. The standard InChI is InChI=1S/C11H17NO3/c1-11(2,3)15-10(14)12-6-8-4-7(8)5-9(12)13/h7-8H,4-6H2,1-3H3. The van der Waals surface area contributed by atoms with Crippen molar-refractivity contribution in [2.24, 2.45) is 11.8 Å². The highest BCUT2D eigenvalue weighted by atomic mass is 16.6. The second kappa shape index (κ2) is 3.22. The first-order chi connectivity index (χ1) is 6.87. The predicted molar refractivity (Wildman–Crippen MR) is 54.2 cm³/mol. The van der Waals surface area contributed by atoms with Gasteiger partial charge in [-0.1, -0.05) is 0 Å². The third-order valence-corrected chi connectivity index (χ3v) is 2.84. The average molecular weight is 211 g/mol. The molecule has 0 aromatic rings. The zero-order valence-corrected chi connectivity index (χ0v) is 9.45. The Labute approximate surface area is 89.6 Å². The van der Waals surface area contributed by atoms with Crippen LogP contribution in [-0.4, -0.2) is 29.0 Å². The number of hydrogen-bond donors (Lipinski definition) is 0. The van der Waals surface area contributed by atoms with Gasteiger partial charge in [-0.2, -0.15) is 0 Å². The largest absolute Gasteiger partial charge is 0.443 e. The minimum atomic E-state index is -0.530. The van der Waals surface area contributed by atoms with Crippen LogP contribution < -0.4 is 0 Å². The summed E-state index contributed by atoms with van der Waals surface area (Å²) in [7, 11) is 0. The molecule has 1 aliphatic carbocycles. The van der Waals surface area contributed by atoms with E-state index in [1.165, 1.54) is 4.90 Å². The summed E-state index contributed by atoms with van der Waals surface area (Å²) in [5.74, 6) is 0.995. The van der Waals surface area contributed by atoms with Gasteiger partial charge < -0.3 is 4.74 Å². The number of likely N-dealkylation sites (tertiary alicyclic amines) is 1. The van der Waals surface area contributed by atoms with Crippen molar-refractivity contribution in [3.8, 4) is 0 Å². The van der Waals surface area contributed by atoms with Gasteiger partial charge in [-0.15, -0.1) is 0 Å². The zero-order chi connectivity index (χ0) is 11.2. The van der Waals surface area contributed by atoms with Gasteiger partial charge in [0.05, 0.1) is 0 Å². The van der Waals surface area contributed by atoms with Crippen molar-refractivity contribution < 1.29 is 14.3 Å². The summed E-state index contributed by atoms with van der Waals surface area (Å²) in [5.41, 5.74) is -0.530. The van der Waals surface area contributed by atoms with Gasteiger partial charge in [-0.3, -0.25) is 4.79 Å². The molecule has 4 heteroatoms. The molecule has 1 aliphatic heterocycles. The number of imide groups is 1. The molecule has 15 heavy (non-hydrogen) atoms. The van der Waals surface area contributed by atoms with E-state index in [1.54, 1.807) is 20.8 Å². The van der Waals surface area contributed by atoms with Crippen LogP contribution in [-0.2, 0) is 9.53 Å². The third-order valence-electron chi connectivity index (χ3n) is 2.84. The molecule has 84 valence electrons. The van der Waals surface area contributed by atoms with E-state index in [0.717, 1.165) is 6.42 Å². The molecule has 1 heterocycles. The first-order valence-corrected chi connectivity index (χ1v) is 5.40. The topological polar surface area (TPSA) is 46.6 Å².